The monoisotopic (exact) mass is 304 g/mol. The average molecular weight is 305 g/mol. The van der Waals surface area contributed by atoms with E-state index in [0.717, 1.165) is 0 Å². The highest BCUT2D eigenvalue weighted by molar-refractivity contribution is 6.33. The number of ether oxygens (including phenoxy) is 1. The van der Waals surface area contributed by atoms with Crippen LogP contribution in [-0.4, -0.2) is 24.3 Å². The average Bonchev–Trinajstić information content (AvgIpc) is 2.49. The summed E-state index contributed by atoms with van der Waals surface area (Å²) in [7, 11) is 1.45. The molecule has 1 amide bonds. The van der Waals surface area contributed by atoms with Gasteiger partial charge in [0.05, 0.1) is 23.9 Å². The van der Waals surface area contributed by atoms with Crippen molar-refractivity contribution in [2.75, 3.05) is 7.11 Å². The Morgan fingerprint density at radius 2 is 2.05 bits per heavy atom. The van der Waals surface area contributed by atoms with Gasteiger partial charge in [-0.25, -0.2) is 5.43 Å². The van der Waals surface area contributed by atoms with E-state index in [1.807, 2.05) is 0 Å². The number of rotatable bonds is 4. The van der Waals surface area contributed by atoms with E-state index in [1.165, 1.54) is 13.3 Å². The summed E-state index contributed by atoms with van der Waals surface area (Å²) in [6.45, 7) is 0. The summed E-state index contributed by atoms with van der Waals surface area (Å²) in [5, 5.41) is 14.0. The van der Waals surface area contributed by atoms with E-state index in [0.29, 0.717) is 21.9 Å². The fourth-order valence-corrected chi connectivity index (χ4v) is 1.90. The molecule has 6 heteroatoms. The van der Waals surface area contributed by atoms with Gasteiger partial charge < -0.3 is 9.84 Å². The molecule has 0 spiro atoms. The number of carbonyl (C=O) groups is 1. The molecule has 2 aromatic carbocycles. The minimum atomic E-state index is -0.431. The molecular formula is C15H13ClN2O3. The molecule has 0 aliphatic carbocycles. The fraction of sp³-hybridized carbons (Fsp3) is 0.0667. The summed E-state index contributed by atoms with van der Waals surface area (Å²) in [5.41, 5.74) is 3.10. The molecule has 2 rings (SSSR count). The summed E-state index contributed by atoms with van der Waals surface area (Å²) in [6, 6.07) is 11.6. The van der Waals surface area contributed by atoms with Crippen LogP contribution in [0.15, 0.2) is 47.6 Å². The molecule has 5 nitrogen and oxygen atoms in total. The standard InChI is InChI=1S/C15H13ClN2O3/c1-21-13-8-4-5-10(14(13)19)9-17-18-15(20)11-6-2-3-7-12(11)16/h2-9,19H,1H3,(H,18,20)/b17-9+. The van der Waals surface area contributed by atoms with Gasteiger partial charge in [-0.3, -0.25) is 4.79 Å². The van der Waals surface area contributed by atoms with Crippen molar-refractivity contribution in [3.05, 3.63) is 58.6 Å². The maximum Gasteiger partial charge on any atom is 0.272 e. The van der Waals surface area contributed by atoms with Gasteiger partial charge >= 0.3 is 0 Å². The highest BCUT2D eigenvalue weighted by atomic mass is 35.5. The third-order valence-electron chi connectivity index (χ3n) is 2.74. The van der Waals surface area contributed by atoms with Crippen molar-refractivity contribution < 1.29 is 14.6 Å². The second-order valence-electron chi connectivity index (χ2n) is 4.08. The lowest BCUT2D eigenvalue weighted by Crippen LogP contribution is -2.17. The molecule has 0 saturated heterocycles. The van der Waals surface area contributed by atoms with Gasteiger partial charge in [-0.1, -0.05) is 29.8 Å². The summed E-state index contributed by atoms with van der Waals surface area (Å²) in [4.78, 5) is 11.9. The number of aromatic hydroxyl groups is 1. The lowest BCUT2D eigenvalue weighted by atomic mass is 10.2. The summed E-state index contributed by atoms with van der Waals surface area (Å²) in [5.74, 6) is -0.147. The molecule has 21 heavy (non-hydrogen) atoms. The number of halogens is 1. The second-order valence-corrected chi connectivity index (χ2v) is 4.48. The molecule has 0 atom stereocenters. The van der Waals surface area contributed by atoms with Crippen LogP contribution in [0.5, 0.6) is 11.5 Å². The molecule has 0 fully saturated rings. The number of amides is 1. The molecule has 0 heterocycles. The number of hydrazone groups is 1. The van der Waals surface area contributed by atoms with E-state index in [9.17, 15) is 9.90 Å². The van der Waals surface area contributed by atoms with Gasteiger partial charge in [0.15, 0.2) is 11.5 Å². The van der Waals surface area contributed by atoms with E-state index >= 15 is 0 Å². The lowest BCUT2D eigenvalue weighted by molar-refractivity contribution is 0.0955. The predicted molar refractivity (Wildman–Crippen MR) is 81.2 cm³/mol. The SMILES string of the molecule is COc1cccc(/C=N/NC(=O)c2ccccc2Cl)c1O. The number of nitrogens with one attached hydrogen (secondary N) is 1. The normalized spacial score (nSPS) is 10.6. The number of benzene rings is 2. The van der Waals surface area contributed by atoms with Gasteiger partial charge in [0.1, 0.15) is 0 Å². The van der Waals surface area contributed by atoms with Gasteiger partial charge in [-0.2, -0.15) is 5.10 Å². The second kappa shape index (κ2) is 6.76. The Labute approximate surface area is 126 Å². The van der Waals surface area contributed by atoms with Crippen LogP contribution < -0.4 is 10.2 Å². The first-order chi connectivity index (χ1) is 10.1. The molecule has 0 aromatic heterocycles. The van der Waals surface area contributed by atoms with Crippen LogP contribution in [0.25, 0.3) is 0 Å². The van der Waals surface area contributed by atoms with Crippen molar-refractivity contribution >= 4 is 23.7 Å². The minimum Gasteiger partial charge on any atom is -0.504 e. The highest BCUT2D eigenvalue weighted by Crippen LogP contribution is 2.27. The smallest absolute Gasteiger partial charge is 0.272 e. The first-order valence-electron chi connectivity index (χ1n) is 6.07. The zero-order valence-electron chi connectivity index (χ0n) is 11.2. The molecule has 0 bridgehead atoms. The van der Waals surface area contributed by atoms with Crippen LogP contribution in [-0.2, 0) is 0 Å². The van der Waals surface area contributed by atoms with Crippen molar-refractivity contribution in [3.8, 4) is 11.5 Å². The first-order valence-corrected chi connectivity index (χ1v) is 6.45. The van der Waals surface area contributed by atoms with Crippen molar-refractivity contribution in [2.45, 2.75) is 0 Å². The maximum atomic E-state index is 11.9. The largest absolute Gasteiger partial charge is 0.504 e. The number of nitrogens with zero attached hydrogens (tertiary/aromatic N) is 1. The van der Waals surface area contributed by atoms with E-state index in [4.69, 9.17) is 16.3 Å². The zero-order valence-corrected chi connectivity index (χ0v) is 12.0. The molecule has 108 valence electrons. The van der Waals surface area contributed by atoms with Crippen LogP contribution in [0.4, 0.5) is 0 Å². The first kappa shape index (κ1) is 14.9. The molecule has 0 aliphatic rings. The van der Waals surface area contributed by atoms with Crippen molar-refractivity contribution in [1.82, 2.24) is 5.43 Å². The van der Waals surface area contributed by atoms with Gasteiger partial charge in [-0.05, 0) is 24.3 Å². The van der Waals surface area contributed by atoms with Gasteiger partial charge in [-0.15, -0.1) is 0 Å². The predicted octanol–water partition coefficient (Wildman–Crippen LogP) is 2.82. The van der Waals surface area contributed by atoms with Crippen molar-refractivity contribution in [1.29, 1.82) is 0 Å². The van der Waals surface area contributed by atoms with Crippen LogP contribution in [0.3, 0.4) is 0 Å². The maximum absolute atomic E-state index is 11.9. The number of phenols is 1. The van der Waals surface area contributed by atoms with E-state index in [2.05, 4.69) is 10.5 Å². The van der Waals surface area contributed by atoms with Gasteiger partial charge in [0, 0.05) is 5.56 Å². The van der Waals surface area contributed by atoms with Crippen molar-refractivity contribution in [2.24, 2.45) is 5.10 Å². The molecular weight excluding hydrogens is 292 g/mol. The van der Waals surface area contributed by atoms with Crippen LogP contribution in [0.1, 0.15) is 15.9 Å². The number of hydrogen-bond donors (Lipinski definition) is 2. The number of carbonyl (C=O) groups excluding carboxylic acids is 1. The van der Waals surface area contributed by atoms with Gasteiger partial charge in [0.25, 0.3) is 5.91 Å². The Morgan fingerprint density at radius 1 is 1.29 bits per heavy atom. The number of hydrogen-bond acceptors (Lipinski definition) is 4. The molecule has 0 unspecified atom stereocenters. The van der Waals surface area contributed by atoms with Crippen LogP contribution >= 0.6 is 11.6 Å². The third kappa shape index (κ3) is 3.52. The Bertz CT molecular complexity index is 686. The molecule has 2 aromatic rings. The lowest BCUT2D eigenvalue weighted by Gasteiger charge is -2.05. The zero-order chi connectivity index (χ0) is 15.2. The Balaban J connectivity index is 2.10. The topological polar surface area (TPSA) is 70.9 Å². The van der Waals surface area contributed by atoms with Crippen molar-refractivity contribution in [3.63, 3.8) is 0 Å². The molecule has 0 aliphatic heterocycles. The third-order valence-corrected chi connectivity index (χ3v) is 3.07. The number of methoxy groups -OCH3 is 1. The summed E-state index contributed by atoms with van der Waals surface area (Å²) in [6.07, 6.45) is 1.33. The summed E-state index contributed by atoms with van der Waals surface area (Å²) >= 11 is 5.91. The van der Waals surface area contributed by atoms with Crippen LogP contribution in [0, 0.1) is 0 Å². The van der Waals surface area contributed by atoms with Gasteiger partial charge in [0.2, 0.25) is 0 Å². The molecule has 0 saturated carbocycles. The van der Waals surface area contributed by atoms with E-state index < -0.39 is 5.91 Å². The minimum absolute atomic E-state index is 0.0456. The highest BCUT2D eigenvalue weighted by Gasteiger charge is 2.08. The Morgan fingerprint density at radius 3 is 2.76 bits per heavy atom. The van der Waals surface area contributed by atoms with Crippen LogP contribution in [0.2, 0.25) is 5.02 Å². The number of para-hydroxylation sites is 1. The van der Waals surface area contributed by atoms with E-state index in [1.54, 1.807) is 42.5 Å². The van der Waals surface area contributed by atoms with E-state index in [-0.39, 0.29) is 5.75 Å². The molecule has 0 radical (unpaired) electrons. The Hall–Kier alpha value is -2.53. The quantitative estimate of drug-likeness (QED) is 0.674. The Kier molecular flexibility index (Phi) is 4.79. The summed E-state index contributed by atoms with van der Waals surface area (Å²) < 4.78 is 4.98. The fourth-order valence-electron chi connectivity index (χ4n) is 1.67. The molecule has 2 N–H and O–H groups in total. The number of phenolic OH excluding ortho intramolecular Hbond substituents is 1.